The third kappa shape index (κ3) is 3.29. The van der Waals surface area contributed by atoms with Crippen LogP contribution < -0.4 is 9.84 Å². The molecule has 0 saturated carbocycles. The second kappa shape index (κ2) is 5.09. The van der Waals surface area contributed by atoms with Crippen LogP contribution in [0.5, 0.6) is 5.75 Å². The summed E-state index contributed by atoms with van der Waals surface area (Å²) in [6.45, 7) is 0. The first kappa shape index (κ1) is 12.7. The lowest BCUT2D eigenvalue weighted by atomic mass is 10.3. The number of ether oxygens (including phenoxy) is 1. The highest BCUT2D eigenvalue weighted by Crippen LogP contribution is 2.36. The van der Waals surface area contributed by atoms with Crippen LogP contribution in [0.4, 0.5) is 0 Å². The van der Waals surface area contributed by atoms with Crippen LogP contribution in [0.1, 0.15) is 0 Å². The van der Waals surface area contributed by atoms with E-state index in [1.807, 2.05) is 0 Å². The molecular weight excluding hydrogens is 400 g/mol. The monoisotopic (exact) mass is 399 g/mol. The van der Waals surface area contributed by atoms with E-state index in [4.69, 9.17) is 0 Å². The molecule has 0 heterocycles. The molecule has 0 amide bonds. The zero-order valence-corrected chi connectivity index (χ0v) is 11.7. The van der Waals surface area contributed by atoms with Gasteiger partial charge in [-0.1, -0.05) is 15.9 Å². The van der Waals surface area contributed by atoms with Crippen molar-refractivity contribution in [2.75, 3.05) is 0 Å². The van der Waals surface area contributed by atoms with E-state index in [1.165, 1.54) is 0 Å². The molecule has 0 saturated heterocycles. The van der Waals surface area contributed by atoms with Gasteiger partial charge in [0.25, 0.3) is 0 Å². The molecule has 0 aliphatic heterocycles. The summed E-state index contributed by atoms with van der Waals surface area (Å²) in [6, 6.07) is 3.23. The molecule has 0 N–H and O–H groups in total. The Kier molecular flexibility index (Phi) is 4.30. The summed E-state index contributed by atoms with van der Waals surface area (Å²) in [6.07, 6.45) is 0. The van der Waals surface area contributed by atoms with E-state index in [9.17, 15) is 14.7 Å². The molecule has 0 fully saturated rings. The Hall–Kier alpha value is -0.400. The fraction of sp³-hybridized carbons (Fsp3) is 0. The Bertz CT molecular complexity index is 407. The first-order valence-corrected chi connectivity index (χ1v) is 5.87. The van der Waals surface area contributed by atoms with Crippen molar-refractivity contribution in [3.63, 3.8) is 0 Å². The molecule has 0 aliphatic rings. The van der Waals surface area contributed by atoms with E-state index in [-0.39, 0.29) is 5.75 Å². The molecule has 1 aromatic rings. The maximum absolute atomic E-state index is 10.8. The number of halogens is 3. The molecule has 0 aliphatic carbocycles. The molecule has 0 unspecified atom stereocenters. The van der Waals surface area contributed by atoms with Gasteiger partial charge in [-0.3, -0.25) is 0 Å². The van der Waals surface area contributed by atoms with E-state index >= 15 is 0 Å². The lowest BCUT2D eigenvalue weighted by Crippen LogP contribution is -2.35. The van der Waals surface area contributed by atoms with Crippen molar-refractivity contribution in [3.05, 3.63) is 25.6 Å². The maximum Gasteiger partial charge on any atom is 0.359 e. The highest BCUT2D eigenvalue weighted by molar-refractivity contribution is 9.11. The molecule has 0 radical (unpaired) electrons. The quantitative estimate of drug-likeness (QED) is 0.407. The Morgan fingerprint density at radius 1 is 1.13 bits per heavy atom. The number of carbonyl (C=O) groups is 2. The third-order valence-corrected chi connectivity index (χ3v) is 2.96. The SMILES string of the molecule is O=C([O-])C(=O)Oc1c(Br)cc(Br)cc1Br. The van der Waals surface area contributed by atoms with Crippen molar-refractivity contribution < 1.29 is 19.4 Å². The van der Waals surface area contributed by atoms with Gasteiger partial charge in [-0.2, -0.15) is 0 Å². The second-order valence-electron chi connectivity index (χ2n) is 2.38. The number of hydrogen-bond acceptors (Lipinski definition) is 4. The first-order chi connectivity index (χ1) is 6.91. The van der Waals surface area contributed by atoms with Crippen molar-refractivity contribution >= 4 is 59.7 Å². The first-order valence-electron chi connectivity index (χ1n) is 3.49. The molecule has 15 heavy (non-hydrogen) atoms. The van der Waals surface area contributed by atoms with Gasteiger partial charge < -0.3 is 14.6 Å². The van der Waals surface area contributed by atoms with Gasteiger partial charge in [0.2, 0.25) is 0 Å². The summed E-state index contributed by atoms with van der Waals surface area (Å²) in [7, 11) is 0. The van der Waals surface area contributed by atoms with E-state index in [2.05, 4.69) is 52.5 Å². The number of carboxylic acid groups (broad SMARTS) is 1. The topological polar surface area (TPSA) is 66.4 Å². The fourth-order valence-electron chi connectivity index (χ4n) is 0.761. The average Bonchev–Trinajstić information content (AvgIpc) is 2.10. The van der Waals surface area contributed by atoms with Gasteiger partial charge in [0.1, 0.15) is 0 Å². The van der Waals surface area contributed by atoms with E-state index in [1.54, 1.807) is 12.1 Å². The van der Waals surface area contributed by atoms with Gasteiger partial charge in [-0.15, -0.1) is 0 Å². The zero-order chi connectivity index (χ0) is 11.6. The minimum atomic E-state index is -1.89. The highest BCUT2D eigenvalue weighted by atomic mass is 79.9. The van der Waals surface area contributed by atoms with Gasteiger partial charge in [0, 0.05) is 4.47 Å². The van der Waals surface area contributed by atoms with Crippen molar-refractivity contribution in [2.45, 2.75) is 0 Å². The minimum absolute atomic E-state index is 0.0902. The standard InChI is InChI=1S/C8H3Br3O4/c9-3-1-4(10)6(5(11)2-3)15-8(14)7(12)13/h1-2H,(H,12,13)/p-1. The Balaban J connectivity index is 3.05. The Labute approximate surface area is 110 Å². The van der Waals surface area contributed by atoms with E-state index in [0.29, 0.717) is 8.95 Å². The molecule has 0 aromatic heterocycles. The molecule has 4 nitrogen and oxygen atoms in total. The molecule has 80 valence electrons. The zero-order valence-electron chi connectivity index (χ0n) is 6.92. The molecule has 7 heteroatoms. The maximum atomic E-state index is 10.8. The number of rotatable bonds is 1. The average molecular weight is 402 g/mol. The summed E-state index contributed by atoms with van der Waals surface area (Å²) in [5.74, 6) is -3.25. The molecule has 1 aromatic carbocycles. The van der Waals surface area contributed by atoms with Crippen molar-refractivity contribution in [1.82, 2.24) is 0 Å². The summed E-state index contributed by atoms with van der Waals surface area (Å²) < 4.78 is 6.21. The van der Waals surface area contributed by atoms with Crippen molar-refractivity contribution in [1.29, 1.82) is 0 Å². The summed E-state index contributed by atoms with van der Waals surface area (Å²) >= 11 is 9.46. The summed E-state index contributed by atoms with van der Waals surface area (Å²) in [5, 5.41) is 10.2. The number of benzene rings is 1. The van der Waals surface area contributed by atoms with E-state index in [0.717, 1.165) is 4.47 Å². The minimum Gasteiger partial charge on any atom is -0.539 e. The van der Waals surface area contributed by atoms with Crippen molar-refractivity contribution in [3.8, 4) is 5.75 Å². The smallest absolute Gasteiger partial charge is 0.359 e. The van der Waals surface area contributed by atoms with Crippen LogP contribution in [0.25, 0.3) is 0 Å². The second-order valence-corrected chi connectivity index (χ2v) is 5.00. The van der Waals surface area contributed by atoms with Crippen LogP contribution in [-0.4, -0.2) is 11.9 Å². The van der Waals surface area contributed by atoms with Gasteiger partial charge in [0.05, 0.1) is 8.95 Å². The van der Waals surface area contributed by atoms with Gasteiger partial charge in [0.15, 0.2) is 11.7 Å². The number of aliphatic carboxylic acids is 1. The lowest BCUT2D eigenvalue weighted by Gasteiger charge is -2.09. The summed E-state index contributed by atoms with van der Waals surface area (Å²) in [5.41, 5.74) is 0. The molecule has 1 rings (SSSR count). The van der Waals surface area contributed by atoms with Crippen LogP contribution >= 0.6 is 47.8 Å². The summed E-state index contributed by atoms with van der Waals surface area (Å²) in [4.78, 5) is 20.9. The molecule has 0 bridgehead atoms. The van der Waals surface area contributed by atoms with Crippen molar-refractivity contribution in [2.24, 2.45) is 0 Å². The van der Waals surface area contributed by atoms with Gasteiger partial charge >= 0.3 is 5.97 Å². The van der Waals surface area contributed by atoms with Crippen LogP contribution in [0.2, 0.25) is 0 Å². The van der Waals surface area contributed by atoms with E-state index < -0.39 is 11.9 Å². The molecule has 0 spiro atoms. The lowest BCUT2D eigenvalue weighted by molar-refractivity contribution is -0.302. The van der Waals surface area contributed by atoms with Crippen LogP contribution in [0.3, 0.4) is 0 Å². The largest absolute Gasteiger partial charge is 0.539 e. The molecular formula is C8H2Br3O4-. The highest BCUT2D eigenvalue weighted by Gasteiger charge is 2.13. The Morgan fingerprint density at radius 3 is 2.00 bits per heavy atom. The number of hydrogen-bond donors (Lipinski definition) is 0. The van der Waals surface area contributed by atoms with Crippen LogP contribution in [0, 0.1) is 0 Å². The normalized spacial score (nSPS) is 9.80. The Morgan fingerprint density at radius 2 is 1.60 bits per heavy atom. The molecule has 0 atom stereocenters. The van der Waals surface area contributed by atoms with Gasteiger partial charge in [-0.25, -0.2) is 4.79 Å². The van der Waals surface area contributed by atoms with Gasteiger partial charge in [-0.05, 0) is 44.0 Å². The number of esters is 1. The number of carbonyl (C=O) groups excluding carboxylic acids is 2. The van der Waals surface area contributed by atoms with Crippen LogP contribution in [-0.2, 0) is 9.59 Å². The fourth-order valence-corrected chi connectivity index (χ4v) is 3.18. The third-order valence-electron chi connectivity index (χ3n) is 1.32. The van der Waals surface area contributed by atoms with Crippen LogP contribution in [0.15, 0.2) is 25.6 Å². The predicted molar refractivity (Wildman–Crippen MR) is 60.2 cm³/mol. The predicted octanol–water partition coefficient (Wildman–Crippen LogP) is 1.63. The number of carboxylic acids is 1.